The van der Waals surface area contributed by atoms with Gasteiger partial charge in [-0.25, -0.2) is 14.2 Å². The van der Waals surface area contributed by atoms with E-state index < -0.39 is 17.7 Å². The fourth-order valence-corrected chi connectivity index (χ4v) is 3.80. The normalized spacial score (nSPS) is 13.3. The summed E-state index contributed by atoms with van der Waals surface area (Å²) in [6.07, 6.45) is -0.627. The van der Waals surface area contributed by atoms with E-state index in [9.17, 15) is 19.5 Å². The average Bonchev–Trinajstić information content (AvgIpc) is 3.22. The smallest absolute Gasteiger partial charge is 0.419 e. The molecule has 1 amide bonds. The van der Waals surface area contributed by atoms with Gasteiger partial charge in [0.2, 0.25) is 0 Å². The van der Waals surface area contributed by atoms with Gasteiger partial charge in [0, 0.05) is 28.1 Å². The highest BCUT2D eigenvalue weighted by Gasteiger charge is 2.29. The fraction of sp³-hybridized carbons (Fsp3) is 0.227. The molecule has 2 heterocycles. The predicted octanol–water partition coefficient (Wildman–Crippen LogP) is 4.69. The van der Waals surface area contributed by atoms with E-state index in [4.69, 9.17) is 16.3 Å². The van der Waals surface area contributed by atoms with Crippen LogP contribution in [0, 0.1) is 0 Å². The van der Waals surface area contributed by atoms with Gasteiger partial charge in [-0.1, -0.05) is 17.7 Å². The molecule has 2 aromatic carbocycles. The van der Waals surface area contributed by atoms with Crippen LogP contribution in [0.5, 0.6) is 0 Å². The Hall–Kier alpha value is -3.32. The van der Waals surface area contributed by atoms with Crippen LogP contribution in [0.15, 0.2) is 36.4 Å². The van der Waals surface area contributed by atoms with Crippen molar-refractivity contribution in [1.29, 1.82) is 0 Å². The number of hydrogen-bond donors (Lipinski definition) is 2. The molecule has 4 rings (SSSR count). The van der Waals surface area contributed by atoms with E-state index in [0.29, 0.717) is 44.9 Å². The van der Waals surface area contributed by atoms with E-state index in [-0.39, 0.29) is 11.5 Å². The molecule has 0 unspecified atom stereocenters. The van der Waals surface area contributed by atoms with Crippen LogP contribution < -0.4 is 5.32 Å². The van der Waals surface area contributed by atoms with Crippen molar-refractivity contribution in [2.24, 2.45) is 0 Å². The molecule has 1 aliphatic rings. The molecule has 1 aliphatic heterocycles. The number of hydrogen-bond acceptors (Lipinski definition) is 4. The molecular formula is C22H19ClN2O5. The summed E-state index contributed by atoms with van der Waals surface area (Å²) < 4.78 is 6.94. The number of benzene rings is 2. The maximum Gasteiger partial charge on any atom is 0.419 e. The van der Waals surface area contributed by atoms with Crippen molar-refractivity contribution in [3.8, 4) is 11.3 Å². The van der Waals surface area contributed by atoms with Crippen LogP contribution in [-0.4, -0.2) is 33.2 Å². The lowest BCUT2D eigenvalue weighted by atomic mass is 10.00. The largest absolute Gasteiger partial charge is 0.478 e. The van der Waals surface area contributed by atoms with E-state index >= 15 is 0 Å². The molecule has 2 N–H and O–H groups in total. The van der Waals surface area contributed by atoms with Crippen LogP contribution >= 0.6 is 11.6 Å². The van der Waals surface area contributed by atoms with Crippen molar-refractivity contribution in [1.82, 2.24) is 9.88 Å². The van der Waals surface area contributed by atoms with Crippen LogP contribution in [0.3, 0.4) is 0 Å². The molecule has 0 fully saturated rings. The van der Waals surface area contributed by atoms with Gasteiger partial charge in [-0.05, 0) is 51.1 Å². The first kappa shape index (κ1) is 20.0. The van der Waals surface area contributed by atoms with Crippen LogP contribution in [-0.2, 0) is 11.3 Å². The Balaban J connectivity index is 2.01. The fourth-order valence-electron chi connectivity index (χ4n) is 3.58. The molecule has 0 atom stereocenters. The Bertz CT molecular complexity index is 1240. The number of carbonyl (C=O) groups is 3. The lowest BCUT2D eigenvalue weighted by Gasteiger charge is -2.21. The zero-order chi connectivity index (χ0) is 21.8. The first-order chi connectivity index (χ1) is 14.1. The second-order valence-corrected chi connectivity index (χ2v) is 8.46. The number of carbonyl (C=O) groups excluding carboxylic acids is 2. The third-order valence-electron chi connectivity index (χ3n) is 4.81. The molecule has 3 aromatic rings. The molecule has 0 bridgehead atoms. The van der Waals surface area contributed by atoms with Gasteiger partial charge < -0.3 is 15.2 Å². The summed E-state index contributed by atoms with van der Waals surface area (Å²) in [4.78, 5) is 37.0. The molecular weight excluding hydrogens is 408 g/mol. The van der Waals surface area contributed by atoms with Crippen molar-refractivity contribution in [3.05, 3.63) is 58.1 Å². The summed E-state index contributed by atoms with van der Waals surface area (Å²) in [6, 6.07) is 9.50. The van der Waals surface area contributed by atoms with E-state index in [1.807, 2.05) is 0 Å². The van der Waals surface area contributed by atoms with Crippen LogP contribution in [0.2, 0.25) is 5.02 Å². The quantitative estimate of drug-likeness (QED) is 0.619. The molecule has 8 heteroatoms. The average molecular weight is 427 g/mol. The zero-order valence-electron chi connectivity index (χ0n) is 16.6. The molecule has 0 radical (unpaired) electrons. The van der Waals surface area contributed by atoms with Crippen LogP contribution in [0.4, 0.5) is 4.79 Å². The Morgan fingerprint density at radius 1 is 1.17 bits per heavy atom. The minimum Gasteiger partial charge on any atom is -0.478 e. The van der Waals surface area contributed by atoms with Crippen LogP contribution in [0.1, 0.15) is 47.1 Å². The Kier molecular flexibility index (Phi) is 4.58. The number of rotatable bonds is 2. The lowest BCUT2D eigenvalue weighted by molar-refractivity contribution is 0.0546. The number of amides is 1. The number of fused-ring (bicyclic) bond motifs is 2. The Morgan fingerprint density at radius 3 is 2.57 bits per heavy atom. The monoisotopic (exact) mass is 426 g/mol. The van der Waals surface area contributed by atoms with E-state index in [1.165, 1.54) is 16.7 Å². The molecule has 154 valence electrons. The van der Waals surface area contributed by atoms with Gasteiger partial charge in [0.1, 0.15) is 5.60 Å². The minimum atomic E-state index is -1.07. The first-order valence-electron chi connectivity index (χ1n) is 9.29. The van der Waals surface area contributed by atoms with Crippen molar-refractivity contribution in [2.45, 2.75) is 32.9 Å². The third kappa shape index (κ3) is 3.31. The molecule has 0 spiro atoms. The number of nitrogens with zero attached hydrogens (tertiary/aromatic N) is 1. The molecule has 30 heavy (non-hydrogen) atoms. The number of nitrogens with one attached hydrogen (secondary N) is 1. The molecule has 0 aliphatic carbocycles. The van der Waals surface area contributed by atoms with Gasteiger partial charge in [0.15, 0.2) is 0 Å². The second kappa shape index (κ2) is 6.88. The molecule has 7 nitrogen and oxygen atoms in total. The maximum atomic E-state index is 13.1. The van der Waals surface area contributed by atoms with Gasteiger partial charge in [-0.3, -0.25) is 4.79 Å². The number of carboxylic acid groups (broad SMARTS) is 1. The molecule has 1 aromatic heterocycles. The predicted molar refractivity (Wildman–Crippen MR) is 112 cm³/mol. The first-order valence-corrected chi connectivity index (χ1v) is 9.67. The van der Waals surface area contributed by atoms with E-state index in [2.05, 4.69) is 5.32 Å². The number of ether oxygens (including phenoxy) is 1. The highest BCUT2D eigenvalue weighted by Crippen LogP contribution is 2.37. The van der Waals surface area contributed by atoms with Crippen molar-refractivity contribution in [2.75, 3.05) is 0 Å². The molecule has 0 saturated carbocycles. The van der Waals surface area contributed by atoms with Crippen molar-refractivity contribution >= 4 is 40.5 Å². The van der Waals surface area contributed by atoms with Gasteiger partial charge in [0.05, 0.1) is 22.3 Å². The summed E-state index contributed by atoms with van der Waals surface area (Å²) in [5.41, 5.74) is 1.82. The number of aromatic nitrogens is 1. The minimum absolute atomic E-state index is 0.0921. The Labute approximate surface area is 177 Å². The molecule has 0 saturated heterocycles. The zero-order valence-corrected chi connectivity index (χ0v) is 17.3. The summed E-state index contributed by atoms with van der Waals surface area (Å²) in [6.45, 7) is 5.57. The lowest BCUT2D eigenvalue weighted by Crippen LogP contribution is -2.27. The van der Waals surface area contributed by atoms with E-state index in [0.717, 1.165) is 0 Å². The van der Waals surface area contributed by atoms with Gasteiger partial charge >= 0.3 is 12.1 Å². The third-order valence-corrected chi connectivity index (χ3v) is 5.16. The standard InChI is InChI=1S/C22H19ClN2O5/c1-22(2,3)30-21(29)25-16-7-4-11(20(27)28)8-12(16)9-17(25)13-5-6-15(23)14-10-24-19(26)18(13)14/h4-9H,10H2,1-3H3,(H,24,26)(H,27,28). The summed E-state index contributed by atoms with van der Waals surface area (Å²) in [5.74, 6) is -1.36. The summed E-state index contributed by atoms with van der Waals surface area (Å²) in [5, 5.41) is 13.1. The second-order valence-electron chi connectivity index (χ2n) is 8.06. The van der Waals surface area contributed by atoms with Crippen molar-refractivity contribution in [3.63, 3.8) is 0 Å². The van der Waals surface area contributed by atoms with Gasteiger partial charge in [-0.15, -0.1) is 0 Å². The van der Waals surface area contributed by atoms with E-state index in [1.54, 1.807) is 45.0 Å². The van der Waals surface area contributed by atoms with Crippen molar-refractivity contribution < 1.29 is 24.2 Å². The number of carboxylic acids is 1. The Morgan fingerprint density at radius 2 is 1.90 bits per heavy atom. The number of aromatic carboxylic acids is 1. The van der Waals surface area contributed by atoms with Gasteiger partial charge in [-0.2, -0.15) is 0 Å². The highest BCUT2D eigenvalue weighted by atomic mass is 35.5. The maximum absolute atomic E-state index is 13.1. The highest BCUT2D eigenvalue weighted by molar-refractivity contribution is 6.32. The topological polar surface area (TPSA) is 97.6 Å². The van der Waals surface area contributed by atoms with Gasteiger partial charge in [0.25, 0.3) is 5.91 Å². The summed E-state index contributed by atoms with van der Waals surface area (Å²) in [7, 11) is 0. The SMILES string of the molecule is CC(C)(C)OC(=O)n1c(-c2ccc(Cl)c3c2C(=O)NC3)cc2cc(C(=O)O)ccc21. The van der Waals surface area contributed by atoms with Crippen LogP contribution in [0.25, 0.3) is 22.2 Å². The summed E-state index contributed by atoms with van der Waals surface area (Å²) >= 11 is 6.26. The number of halogens is 1.